The van der Waals surface area contributed by atoms with Crippen LogP contribution in [-0.2, 0) is 16.6 Å². The summed E-state index contributed by atoms with van der Waals surface area (Å²) in [6, 6.07) is 14.9. The normalized spacial score (nSPS) is 11.7. The summed E-state index contributed by atoms with van der Waals surface area (Å²) in [6.07, 6.45) is 1.68. The molecule has 0 radical (unpaired) electrons. The molecule has 0 spiro atoms. The summed E-state index contributed by atoms with van der Waals surface area (Å²) in [5.41, 5.74) is 3.52. The molecule has 5 heteroatoms. The predicted molar refractivity (Wildman–Crippen MR) is 91.7 cm³/mol. The van der Waals surface area contributed by atoms with E-state index in [2.05, 4.69) is 9.71 Å². The second-order valence-electron chi connectivity index (χ2n) is 5.65. The van der Waals surface area contributed by atoms with Crippen molar-refractivity contribution in [1.29, 1.82) is 0 Å². The standard InChI is InChI=1S/C18H18N2O2S/c1-13-5-3-6-15(9-13)12-20-23(21,22)17-8-4-7-16-10-14(2)11-19-18(16)17/h3-11,20H,12H2,1-2H3. The zero-order valence-electron chi connectivity index (χ0n) is 13.1. The van der Waals surface area contributed by atoms with E-state index in [9.17, 15) is 8.42 Å². The lowest BCUT2D eigenvalue weighted by Crippen LogP contribution is -2.23. The van der Waals surface area contributed by atoms with Gasteiger partial charge in [0.05, 0.1) is 5.52 Å². The Morgan fingerprint density at radius 2 is 1.78 bits per heavy atom. The van der Waals surface area contributed by atoms with E-state index in [1.54, 1.807) is 18.3 Å². The summed E-state index contributed by atoms with van der Waals surface area (Å²) in [6.45, 7) is 4.17. The van der Waals surface area contributed by atoms with Gasteiger partial charge < -0.3 is 0 Å². The predicted octanol–water partition coefficient (Wildman–Crippen LogP) is 3.33. The summed E-state index contributed by atoms with van der Waals surface area (Å²) in [7, 11) is -3.62. The maximum atomic E-state index is 12.6. The van der Waals surface area contributed by atoms with Crippen LogP contribution in [0, 0.1) is 13.8 Å². The second-order valence-corrected chi connectivity index (χ2v) is 7.39. The number of sulfonamides is 1. The van der Waals surface area contributed by atoms with E-state index in [4.69, 9.17) is 0 Å². The molecular formula is C18H18N2O2S. The minimum absolute atomic E-state index is 0.211. The van der Waals surface area contributed by atoms with E-state index in [0.717, 1.165) is 22.1 Å². The molecule has 1 N–H and O–H groups in total. The average molecular weight is 326 g/mol. The minimum atomic E-state index is -3.62. The van der Waals surface area contributed by atoms with Crippen molar-refractivity contribution in [3.05, 3.63) is 71.4 Å². The maximum Gasteiger partial charge on any atom is 0.243 e. The van der Waals surface area contributed by atoms with E-state index in [-0.39, 0.29) is 11.4 Å². The lowest BCUT2D eigenvalue weighted by molar-refractivity contribution is 0.582. The number of aromatic nitrogens is 1. The van der Waals surface area contributed by atoms with Crippen molar-refractivity contribution < 1.29 is 8.42 Å². The van der Waals surface area contributed by atoms with Crippen LogP contribution in [0.3, 0.4) is 0 Å². The zero-order chi connectivity index (χ0) is 16.4. The van der Waals surface area contributed by atoms with Crippen LogP contribution in [0.4, 0.5) is 0 Å². The van der Waals surface area contributed by atoms with E-state index in [1.807, 2.05) is 50.2 Å². The van der Waals surface area contributed by atoms with Gasteiger partial charge in [0.25, 0.3) is 0 Å². The number of benzene rings is 2. The fourth-order valence-corrected chi connectivity index (χ4v) is 3.73. The Kier molecular flexibility index (Phi) is 4.15. The molecule has 0 fully saturated rings. The first-order valence-electron chi connectivity index (χ1n) is 7.36. The molecule has 0 aliphatic rings. The van der Waals surface area contributed by atoms with Crippen molar-refractivity contribution in [2.24, 2.45) is 0 Å². The van der Waals surface area contributed by atoms with Crippen LogP contribution < -0.4 is 4.72 Å². The molecule has 0 atom stereocenters. The lowest BCUT2D eigenvalue weighted by atomic mass is 10.1. The van der Waals surface area contributed by atoms with Crippen molar-refractivity contribution in [3.63, 3.8) is 0 Å². The quantitative estimate of drug-likeness (QED) is 0.800. The first-order chi connectivity index (χ1) is 11.0. The van der Waals surface area contributed by atoms with Crippen molar-refractivity contribution in [2.45, 2.75) is 25.3 Å². The minimum Gasteiger partial charge on any atom is -0.255 e. The Morgan fingerprint density at radius 1 is 1.00 bits per heavy atom. The third-order valence-electron chi connectivity index (χ3n) is 3.65. The highest BCUT2D eigenvalue weighted by atomic mass is 32.2. The Labute approximate surface area is 136 Å². The number of hydrogen-bond donors (Lipinski definition) is 1. The SMILES string of the molecule is Cc1cccc(CNS(=O)(=O)c2cccc3cc(C)cnc23)c1. The topological polar surface area (TPSA) is 59.1 Å². The summed E-state index contributed by atoms with van der Waals surface area (Å²) in [5, 5.41) is 0.823. The summed E-state index contributed by atoms with van der Waals surface area (Å²) >= 11 is 0. The Morgan fingerprint density at radius 3 is 2.57 bits per heavy atom. The van der Waals surface area contributed by atoms with Gasteiger partial charge >= 0.3 is 0 Å². The first kappa shape index (κ1) is 15.6. The van der Waals surface area contributed by atoms with Gasteiger partial charge in [0.2, 0.25) is 10.0 Å². The lowest BCUT2D eigenvalue weighted by Gasteiger charge is -2.10. The summed E-state index contributed by atoms with van der Waals surface area (Å²) < 4.78 is 27.9. The van der Waals surface area contributed by atoms with Gasteiger partial charge in [-0.3, -0.25) is 4.98 Å². The van der Waals surface area contributed by atoms with Gasteiger partial charge in [0.1, 0.15) is 4.90 Å². The number of para-hydroxylation sites is 1. The van der Waals surface area contributed by atoms with E-state index in [0.29, 0.717) is 5.52 Å². The van der Waals surface area contributed by atoms with Crippen LogP contribution in [0.5, 0.6) is 0 Å². The van der Waals surface area contributed by atoms with Gasteiger partial charge in [-0.15, -0.1) is 0 Å². The maximum absolute atomic E-state index is 12.6. The van der Waals surface area contributed by atoms with Gasteiger partial charge in [0.15, 0.2) is 0 Å². The number of nitrogens with one attached hydrogen (secondary N) is 1. The smallest absolute Gasteiger partial charge is 0.243 e. The fraction of sp³-hybridized carbons (Fsp3) is 0.167. The van der Waals surface area contributed by atoms with Crippen molar-refractivity contribution in [2.75, 3.05) is 0 Å². The van der Waals surface area contributed by atoms with Crippen molar-refractivity contribution >= 4 is 20.9 Å². The molecule has 118 valence electrons. The Bertz CT molecular complexity index is 966. The molecule has 0 saturated heterocycles. The molecule has 0 aliphatic carbocycles. The van der Waals surface area contributed by atoms with Crippen LogP contribution >= 0.6 is 0 Å². The number of aryl methyl sites for hydroxylation is 2. The molecule has 4 nitrogen and oxygen atoms in total. The molecule has 0 saturated carbocycles. The third-order valence-corrected chi connectivity index (χ3v) is 5.08. The molecule has 2 aromatic carbocycles. The molecule has 23 heavy (non-hydrogen) atoms. The van der Waals surface area contributed by atoms with Gasteiger partial charge in [-0.1, -0.05) is 42.0 Å². The van der Waals surface area contributed by atoms with Crippen LogP contribution in [0.1, 0.15) is 16.7 Å². The average Bonchev–Trinajstić information content (AvgIpc) is 2.52. The first-order valence-corrected chi connectivity index (χ1v) is 8.85. The molecule has 3 rings (SSSR count). The second kappa shape index (κ2) is 6.10. The van der Waals surface area contributed by atoms with Gasteiger partial charge in [-0.2, -0.15) is 0 Å². The van der Waals surface area contributed by atoms with E-state index in [1.165, 1.54) is 0 Å². The van der Waals surface area contributed by atoms with Crippen LogP contribution in [0.25, 0.3) is 10.9 Å². The third kappa shape index (κ3) is 3.41. The number of hydrogen-bond acceptors (Lipinski definition) is 3. The highest BCUT2D eigenvalue weighted by Crippen LogP contribution is 2.21. The summed E-state index contributed by atoms with van der Waals surface area (Å²) in [5.74, 6) is 0. The van der Waals surface area contributed by atoms with Crippen molar-refractivity contribution in [1.82, 2.24) is 9.71 Å². The van der Waals surface area contributed by atoms with E-state index >= 15 is 0 Å². The number of fused-ring (bicyclic) bond motifs is 1. The summed E-state index contributed by atoms with van der Waals surface area (Å²) in [4.78, 5) is 4.51. The number of pyridine rings is 1. The van der Waals surface area contributed by atoms with Gasteiger partial charge in [-0.05, 0) is 37.1 Å². The zero-order valence-corrected chi connectivity index (χ0v) is 13.9. The van der Waals surface area contributed by atoms with Gasteiger partial charge in [-0.25, -0.2) is 13.1 Å². The highest BCUT2D eigenvalue weighted by molar-refractivity contribution is 7.89. The number of rotatable bonds is 4. The largest absolute Gasteiger partial charge is 0.255 e. The molecular weight excluding hydrogens is 308 g/mol. The molecule has 0 aliphatic heterocycles. The van der Waals surface area contributed by atoms with E-state index < -0.39 is 10.0 Å². The molecule has 1 heterocycles. The Balaban J connectivity index is 1.94. The van der Waals surface area contributed by atoms with Crippen molar-refractivity contribution in [3.8, 4) is 0 Å². The van der Waals surface area contributed by atoms with Crippen LogP contribution in [-0.4, -0.2) is 13.4 Å². The van der Waals surface area contributed by atoms with Crippen LogP contribution in [0.15, 0.2) is 59.6 Å². The Hall–Kier alpha value is -2.24. The van der Waals surface area contributed by atoms with Crippen LogP contribution in [0.2, 0.25) is 0 Å². The highest BCUT2D eigenvalue weighted by Gasteiger charge is 2.18. The molecule has 1 aromatic heterocycles. The molecule has 0 unspecified atom stereocenters. The number of nitrogens with zero attached hydrogens (tertiary/aromatic N) is 1. The molecule has 0 amide bonds. The molecule has 0 bridgehead atoms. The van der Waals surface area contributed by atoms with Gasteiger partial charge in [0, 0.05) is 18.1 Å². The fourth-order valence-electron chi connectivity index (χ4n) is 2.54. The monoisotopic (exact) mass is 326 g/mol. The molecule has 3 aromatic rings.